The summed E-state index contributed by atoms with van der Waals surface area (Å²) < 4.78 is 0. The summed E-state index contributed by atoms with van der Waals surface area (Å²) in [6.45, 7) is 2.46. The number of aliphatic carboxylic acids is 1. The molecule has 1 aromatic rings. The number of amides is 1. The Hall–Kier alpha value is -1.49. The number of carboxylic acids is 1. The fourth-order valence-electron chi connectivity index (χ4n) is 2.57. The Balaban J connectivity index is 1.81. The molecule has 1 saturated heterocycles. The predicted octanol–water partition coefficient (Wildman–Crippen LogP) is 2.63. The van der Waals surface area contributed by atoms with E-state index in [0.717, 1.165) is 17.9 Å². The largest absolute Gasteiger partial charge is 0.480 e. The van der Waals surface area contributed by atoms with E-state index in [2.05, 4.69) is 12.1 Å². The van der Waals surface area contributed by atoms with Crippen LogP contribution in [0.25, 0.3) is 0 Å². The van der Waals surface area contributed by atoms with E-state index in [9.17, 15) is 9.59 Å². The minimum atomic E-state index is -0.884. The van der Waals surface area contributed by atoms with E-state index in [4.69, 9.17) is 5.11 Å². The molecule has 4 nitrogen and oxygen atoms in total. The van der Waals surface area contributed by atoms with Gasteiger partial charge in [0.05, 0.1) is 0 Å². The first-order valence-corrected chi connectivity index (χ1v) is 8.40. The number of carbonyl (C=O) groups is 2. The number of carboxylic acid groups (broad SMARTS) is 1. The monoisotopic (exact) mass is 307 g/mol. The Morgan fingerprint density at radius 1 is 1.38 bits per heavy atom. The van der Waals surface area contributed by atoms with E-state index < -0.39 is 12.0 Å². The van der Waals surface area contributed by atoms with Gasteiger partial charge in [-0.05, 0) is 18.4 Å². The van der Waals surface area contributed by atoms with Gasteiger partial charge in [0.15, 0.2) is 0 Å². The number of rotatable bonds is 6. The first-order valence-electron chi connectivity index (χ1n) is 7.24. The zero-order valence-corrected chi connectivity index (χ0v) is 13.0. The topological polar surface area (TPSA) is 57.6 Å². The fourth-order valence-corrected chi connectivity index (χ4v) is 3.61. The van der Waals surface area contributed by atoms with Crippen molar-refractivity contribution in [2.24, 2.45) is 5.92 Å². The van der Waals surface area contributed by atoms with Crippen LogP contribution in [0.1, 0.15) is 25.3 Å². The van der Waals surface area contributed by atoms with E-state index in [0.29, 0.717) is 13.0 Å². The van der Waals surface area contributed by atoms with E-state index in [1.54, 1.807) is 11.8 Å². The van der Waals surface area contributed by atoms with Gasteiger partial charge in [-0.25, -0.2) is 4.79 Å². The van der Waals surface area contributed by atoms with Gasteiger partial charge in [-0.15, -0.1) is 0 Å². The molecule has 2 atom stereocenters. The lowest BCUT2D eigenvalue weighted by Gasteiger charge is -2.24. The Bertz CT molecular complexity index is 492. The van der Waals surface area contributed by atoms with Crippen LogP contribution in [-0.2, 0) is 15.3 Å². The number of nitrogens with zero attached hydrogens (tertiary/aromatic N) is 1. The van der Waals surface area contributed by atoms with Crippen LogP contribution in [0.15, 0.2) is 30.3 Å². The van der Waals surface area contributed by atoms with Crippen LogP contribution >= 0.6 is 11.8 Å². The third-order valence-electron chi connectivity index (χ3n) is 3.72. The number of hydrogen-bond acceptors (Lipinski definition) is 3. The molecule has 114 valence electrons. The van der Waals surface area contributed by atoms with Crippen LogP contribution < -0.4 is 0 Å². The van der Waals surface area contributed by atoms with E-state index >= 15 is 0 Å². The number of likely N-dealkylation sites (tertiary alicyclic amines) is 1. The molecule has 1 aliphatic rings. The Labute approximate surface area is 129 Å². The Morgan fingerprint density at radius 3 is 2.76 bits per heavy atom. The van der Waals surface area contributed by atoms with Crippen molar-refractivity contribution in [2.75, 3.05) is 12.3 Å². The Morgan fingerprint density at radius 2 is 2.10 bits per heavy atom. The van der Waals surface area contributed by atoms with Gasteiger partial charge in [0.25, 0.3) is 0 Å². The molecule has 0 aromatic heterocycles. The van der Waals surface area contributed by atoms with E-state index in [-0.39, 0.29) is 11.8 Å². The lowest BCUT2D eigenvalue weighted by molar-refractivity contribution is -0.149. The lowest BCUT2D eigenvalue weighted by Crippen LogP contribution is -2.43. The summed E-state index contributed by atoms with van der Waals surface area (Å²) >= 11 is 1.72. The first-order chi connectivity index (χ1) is 10.1. The second-order valence-corrected chi connectivity index (χ2v) is 6.46. The van der Waals surface area contributed by atoms with Crippen molar-refractivity contribution >= 4 is 23.6 Å². The molecular formula is C16H21NO3S. The molecule has 21 heavy (non-hydrogen) atoms. The maximum atomic E-state index is 12.4. The maximum Gasteiger partial charge on any atom is 0.326 e. The van der Waals surface area contributed by atoms with Gasteiger partial charge in [0, 0.05) is 24.0 Å². The molecule has 0 aliphatic carbocycles. The minimum Gasteiger partial charge on any atom is -0.480 e. The molecule has 5 heteroatoms. The van der Waals surface area contributed by atoms with Gasteiger partial charge >= 0.3 is 5.97 Å². The molecule has 0 unspecified atom stereocenters. The highest BCUT2D eigenvalue weighted by atomic mass is 32.2. The van der Waals surface area contributed by atoms with Crippen LogP contribution in [0, 0.1) is 5.92 Å². The smallest absolute Gasteiger partial charge is 0.326 e. The molecule has 1 aromatic carbocycles. The van der Waals surface area contributed by atoms with Gasteiger partial charge < -0.3 is 10.0 Å². The Kier molecular flexibility index (Phi) is 5.67. The van der Waals surface area contributed by atoms with Crippen molar-refractivity contribution in [3.63, 3.8) is 0 Å². The standard InChI is InChI=1S/C16H21NO3S/c1-12(10-21-11-13-6-3-2-4-7-13)15(18)17-9-5-8-14(17)16(19)20/h2-4,6-7,12,14H,5,8-11H2,1H3,(H,19,20)/t12-,14+/m1/s1. The third-order valence-corrected chi connectivity index (χ3v) is 5.00. The minimum absolute atomic E-state index is 0.0274. The lowest BCUT2D eigenvalue weighted by atomic mass is 10.1. The molecule has 0 spiro atoms. The second kappa shape index (κ2) is 7.50. The molecule has 1 aliphatic heterocycles. The molecule has 0 saturated carbocycles. The summed E-state index contributed by atoms with van der Waals surface area (Å²) in [6.07, 6.45) is 1.36. The first kappa shape index (κ1) is 15.9. The average molecular weight is 307 g/mol. The molecule has 2 rings (SSSR count). The van der Waals surface area contributed by atoms with E-state index in [1.165, 1.54) is 10.5 Å². The van der Waals surface area contributed by atoms with Gasteiger partial charge in [0.1, 0.15) is 6.04 Å². The zero-order chi connectivity index (χ0) is 15.2. The summed E-state index contributed by atoms with van der Waals surface area (Å²) in [6, 6.07) is 9.51. The van der Waals surface area contributed by atoms with Crippen LogP contribution in [0.2, 0.25) is 0 Å². The number of benzene rings is 1. The number of hydrogen-bond donors (Lipinski definition) is 1. The van der Waals surface area contributed by atoms with Crippen LogP contribution in [-0.4, -0.2) is 40.2 Å². The zero-order valence-electron chi connectivity index (χ0n) is 12.2. The molecule has 0 radical (unpaired) electrons. The van der Waals surface area contributed by atoms with Gasteiger partial charge in [0.2, 0.25) is 5.91 Å². The van der Waals surface area contributed by atoms with Crippen molar-refractivity contribution in [3.8, 4) is 0 Å². The normalized spacial score (nSPS) is 19.5. The SMILES string of the molecule is C[C@H](CSCc1ccccc1)C(=O)N1CCC[C@H]1C(=O)O. The number of carbonyl (C=O) groups excluding carboxylic acids is 1. The summed E-state index contributed by atoms with van der Waals surface area (Å²) in [7, 11) is 0. The van der Waals surface area contributed by atoms with Gasteiger partial charge in [-0.3, -0.25) is 4.79 Å². The van der Waals surface area contributed by atoms with Gasteiger partial charge in [-0.1, -0.05) is 37.3 Å². The highest BCUT2D eigenvalue weighted by Crippen LogP contribution is 2.22. The van der Waals surface area contributed by atoms with E-state index in [1.807, 2.05) is 25.1 Å². The van der Waals surface area contributed by atoms with Crippen LogP contribution in [0.4, 0.5) is 0 Å². The van der Waals surface area contributed by atoms with Crippen molar-refractivity contribution < 1.29 is 14.7 Å². The summed E-state index contributed by atoms with van der Waals surface area (Å²) in [4.78, 5) is 25.0. The highest BCUT2D eigenvalue weighted by molar-refractivity contribution is 7.98. The average Bonchev–Trinajstić information content (AvgIpc) is 2.97. The molecule has 1 N–H and O–H groups in total. The van der Waals surface area contributed by atoms with Crippen molar-refractivity contribution in [3.05, 3.63) is 35.9 Å². The predicted molar refractivity (Wildman–Crippen MR) is 84.1 cm³/mol. The summed E-state index contributed by atoms with van der Waals surface area (Å²) in [5.41, 5.74) is 1.24. The molecule has 0 bridgehead atoms. The number of thioether (sulfide) groups is 1. The quantitative estimate of drug-likeness (QED) is 0.878. The maximum absolute atomic E-state index is 12.4. The molecule has 1 heterocycles. The summed E-state index contributed by atoms with van der Waals surface area (Å²) in [5.74, 6) is 0.543. The summed E-state index contributed by atoms with van der Waals surface area (Å²) in [5, 5.41) is 9.14. The fraction of sp³-hybridized carbons (Fsp3) is 0.500. The van der Waals surface area contributed by atoms with Crippen LogP contribution in [0.5, 0.6) is 0 Å². The highest BCUT2D eigenvalue weighted by Gasteiger charge is 2.35. The molecule has 1 fully saturated rings. The molecular weight excluding hydrogens is 286 g/mol. The second-order valence-electron chi connectivity index (χ2n) is 5.43. The third kappa shape index (κ3) is 4.24. The van der Waals surface area contributed by atoms with Crippen LogP contribution in [0.3, 0.4) is 0 Å². The van der Waals surface area contributed by atoms with Crippen molar-refractivity contribution in [1.82, 2.24) is 4.90 Å². The molecule has 1 amide bonds. The van der Waals surface area contributed by atoms with Crippen molar-refractivity contribution in [1.29, 1.82) is 0 Å². The van der Waals surface area contributed by atoms with Gasteiger partial charge in [-0.2, -0.15) is 11.8 Å². The van der Waals surface area contributed by atoms with Crippen molar-refractivity contribution in [2.45, 2.75) is 31.6 Å².